The van der Waals surface area contributed by atoms with E-state index in [2.05, 4.69) is 10.2 Å². The molecule has 0 radical (unpaired) electrons. The highest BCUT2D eigenvalue weighted by molar-refractivity contribution is 7.91. The summed E-state index contributed by atoms with van der Waals surface area (Å²) in [6.07, 6.45) is 0.868. The summed E-state index contributed by atoms with van der Waals surface area (Å²) in [7, 11) is -1.40. The number of hydrogen-bond donors (Lipinski definition) is 1. The van der Waals surface area contributed by atoms with Crippen molar-refractivity contribution in [1.29, 1.82) is 0 Å². The number of carbonyl (C=O) groups is 1. The monoisotopic (exact) mass is 478 g/mol. The fourth-order valence-corrected chi connectivity index (χ4v) is 6.10. The molecule has 3 aromatic rings. The predicted octanol–water partition coefficient (Wildman–Crippen LogP) is 4.38. The summed E-state index contributed by atoms with van der Waals surface area (Å²) in [4.78, 5) is 15.0. The minimum Gasteiger partial charge on any atom is -0.497 e. The quantitative estimate of drug-likeness (QED) is 0.494. The van der Waals surface area contributed by atoms with Gasteiger partial charge in [-0.1, -0.05) is 60.7 Å². The first-order valence-electron chi connectivity index (χ1n) is 11.5. The Labute approximate surface area is 201 Å². The maximum atomic E-state index is 12.9. The summed E-state index contributed by atoms with van der Waals surface area (Å²) in [6, 6.07) is 25.3. The van der Waals surface area contributed by atoms with Crippen molar-refractivity contribution in [1.82, 2.24) is 4.90 Å². The van der Waals surface area contributed by atoms with Gasteiger partial charge >= 0.3 is 0 Å². The first kappa shape index (κ1) is 24.0. The zero-order valence-corrected chi connectivity index (χ0v) is 20.1. The maximum Gasteiger partial charge on any atom is 0.225 e. The molecule has 1 aliphatic rings. The molecule has 1 aliphatic heterocycles. The van der Waals surface area contributed by atoms with E-state index in [4.69, 9.17) is 4.74 Å². The highest BCUT2D eigenvalue weighted by Gasteiger charge is 2.32. The first-order valence-corrected chi connectivity index (χ1v) is 13.3. The summed E-state index contributed by atoms with van der Waals surface area (Å²) in [5.74, 6) is 1.02. The van der Waals surface area contributed by atoms with Crippen LogP contribution in [0.3, 0.4) is 0 Å². The van der Waals surface area contributed by atoms with E-state index in [9.17, 15) is 13.2 Å². The predicted molar refractivity (Wildman–Crippen MR) is 136 cm³/mol. The molecule has 1 N–H and O–H groups in total. The van der Waals surface area contributed by atoms with Crippen molar-refractivity contribution in [3.8, 4) is 16.9 Å². The Balaban J connectivity index is 1.44. The maximum absolute atomic E-state index is 12.9. The van der Waals surface area contributed by atoms with Gasteiger partial charge in [-0.3, -0.25) is 9.69 Å². The molecule has 0 aliphatic carbocycles. The molecule has 0 spiro atoms. The average Bonchev–Trinajstić information content (AvgIpc) is 3.22. The number of benzene rings is 3. The molecule has 178 valence electrons. The molecule has 34 heavy (non-hydrogen) atoms. The van der Waals surface area contributed by atoms with Crippen LogP contribution >= 0.6 is 0 Å². The van der Waals surface area contributed by atoms with Gasteiger partial charge in [0.15, 0.2) is 9.84 Å². The highest BCUT2D eigenvalue weighted by atomic mass is 32.2. The second kappa shape index (κ2) is 10.8. The van der Waals surface area contributed by atoms with Crippen LogP contribution in [-0.4, -0.2) is 50.4 Å². The number of para-hydroxylation sites is 1. The second-order valence-electron chi connectivity index (χ2n) is 8.59. The van der Waals surface area contributed by atoms with Crippen LogP contribution in [0.5, 0.6) is 5.75 Å². The summed E-state index contributed by atoms with van der Waals surface area (Å²) >= 11 is 0. The number of sulfone groups is 1. The fourth-order valence-electron chi connectivity index (χ4n) is 4.34. The molecule has 1 fully saturated rings. The van der Waals surface area contributed by atoms with Crippen molar-refractivity contribution in [2.45, 2.75) is 25.4 Å². The van der Waals surface area contributed by atoms with Gasteiger partial charge in [0.05, 0.1) is 18.6 Å². The van der Waals surface area contributed by atoms with Gasteiger partial charge in [0.25, 0.3) is 0 Å². The van der Waals surface area contributed by atoms with Gasteiger partial charge in [0, 0.05) is 36.8 Å². The number of amides is 1. The van der Waals surface area contributed by atoms with Gasteiger partial charge in [-0.05, 0) is 35.7 Å². The number of nitrogens with one attached hydrogen (secondary N) is 1. The zero-order valence-electron chi connectivity index (χ0n) is 19.3. The topological polar surface area (TPSA) is 75.7 Å². The van der Waals surface area contributed by atoms with Crippen LogP contribution in [0.4, 0.5) is 5.69 Å². The molecule has 1 atom stereocenters. The van der Waals surface area contributed by atoms with Crippen molar-refractivity contribution in [2.75, 3.05) is 30.5 Å². The van der Waals surface area contributed by atoms with Crippen molar-refractivity contribution in [3.63, 3.8) is 0 Å². The van der Waals surface area contributed by atoms with E-state index in [0.717, 1.165) is 28.1 Å². The number of hydrogen-bond acceptors (Lipinski definition) is 5. The molecule has 0 bridgehead atoms. The lowest BCUT2D eigenvalue weighted by atomic mass is 10.0. The Hall–Kier alpha value is -3.16. The van der Waals surface area contributed by atoms with Gasteiger partial charge in [-0.15, -0.1) is 0 Å². The SMILES string of the molecule is COc1ccc(CN(CCC(=O)Nc2ccccc2-c2ccccc2)C2CCS(=O)(=O)C2)cc1. The van der Waals surface area contributed by atoms with Crippen LogP contribution in [0, 0.1) is 0 Å². The summed E-state index contributed by atoms with van der Waals surface area (Å²) in [5.41, 5.74) is 3.83. The van der Waals surface area contributed by atoms with E-state index in [1.807, 2.05) is 78.9 Å². The van der Waals surface area contributed by atoms with Gasteiger partial charge in [0.2, 0.25) is 5.91 Å². The number of methoxy groups -OCH3 is 1. The number of anilines is 1. The minimum absolute atomic E-state index is 0.0866. The molecule has 4 rings (SSSR count). The molecule has 1 saturated heterocycles. The molecule has 1 unspecified atom stereocenters. The molecular weight excluding hydrogens is 448 g/mol. The number of ether oxygens (including phenoxy) is 1. The van der Waals surface area contributed by atoms with Crippen LogP contribution < -0.4 is 10.1 Å². The first-order chi connectivity index (χ1) is 16.4. The lowest BCUT2D eigenvalue weighted by Gasteiger charge is -2.28. The number of nitrogens with zero attached hydrogens (tertiary/aromatic N) is 1. The Kier molecular flexibility index (Phi) is 7.65. The third-order valence-electron chi connectivity index (χ3n) is 6.18. The van der Waals surface area contributed by atoms with E-state index >= 15 is 0 Å². The van der Waals surface area contributed by atoms with Crippen LogP contribution in [-0.2, 0) is 21.2 Å². The molecule has 3 aromatic carbocycles. The third-order valence-corrected chi connectivity index (χ3v) is 7.93. The van der Waals surface area contributed by atoms with Crippen LogP contribution in [0.25, 0.3) is 11.1 Å². The molecule has 6 nitrogen and oxygen atoms in total. The lowest BCUT2D eigenvalue weighted by molar-refractivity contribution is -0.116. The Morgan fingerprint density at radius 3 is 2.38 bits per heavy atom. The average molecular weight is 479 g/mol. The molecule has 1 amide bonds. The smallest absolute Gasteiger partial charge is 0.225 e. The van der Waals surface area contributed by atoms with Crippen molar-refractivity contribution in [2.24, 2.45) is 0 Å². The van der Waals surface area contributed by atoms with Gasteiger partial charge in [-0.25, -0.2) is 8.42 Å². The molecule has 7 heteroatoms. The van der Waals surface area contributed by atoms with Gasteiger partial charge in [-0.2, -0.15) is 0 Å². The third kappa shape index (κ3) is 6.24. The zero-order chi connectivity index (χ0) is 24.0. The Bertz CT molecular complexity index is 1210. The molecular formula is C27H30N2O4S. The van der Waals surface area contributed by atoms with Crippen molar-refractivity contribution >= 4 is 21.4 Å². The largest absolute Gasteiger partial charge is 0.497 e. The second-order valence-corrected chi connectivity index (χ2v) is 10.8. The summed E-state index contributed by atoms with van der Waals surface area (Å²) in [5, 5.41) is 3.05. The minimum atomic E-state index is -3.03. The van der Waals surface area contributed by atoms with E-state index in [1.54, 1.807) is 7.11 Å². The Morgan fingerprint density at radius 1 is 1.00 bits per heavy atom. The van der Waals surface area contributed by atoms with Crippen LogP contribution in [0.2, 0.25) is 0 Å². The van der Waals surface area contributed by atoms with Crippen molar-refractivity contribution < 1.29 is 17.9 Å². The summed E-state index contributed by atoms with van der Waals surface area (Å²) in [6.45, 7) is 1.06. The standard InChI is InChI=1S/C27H30N2O4S/c1-33-24-13-11-21(12-14-24)19-29(23-16-18-34(31,32)20-23)17-15-27(30)28-26-10-6-5-9-25(26)22-7-3-2-4-8-22/h2-14,23H,15-20H2,1H3,(H,28,30). The van der Waals surface area contributed by atoms with Gasteiger partial charge < -0.3 is 10.1 Å². The van der Waals surface area contributed by atoms with E-state index in [1.165, 1.54) is 0 Å². The molecule has 1 heterocycles. The fraction of sp³-hybridized carbons (Fsp3) is 0.296. The number of carbonyl (C=O) groups excluding carboxylic acids is 1. The summed E-state index contributed by atoms with van der Waals surface area (Å²) < 4.78 is 29.5. The number of rotatable bonds is 9. The molecule has 0 saturated carbocycles. The normalized spacial score (nSPS) is 16.9. The van der Waals surface area contributed by atoms with Crippen LogP contribution in [0.1, 0.15) is 18.4 Å². The van der Waals surface area contributed by atoms with E-state index in [-0.39, 0.29) is 29.9 Å². The highest BCUT2D eigenvalue weighted by Crippen LogP contribution is 2.28. The van der Waals surface area contributed by atoms with E-state index in [0.29, 0.717) is 19.5 Å². The lowest BCUT2D eigenvalue weighted by Crippen LogP contribution is -2.37. The van der Waals surface area contributed by atoms with Crippen LogP contribution in [0.15, 0.2) is 78.9 Å². The van der Waals surface area contributed by atoms with E-state index < -0.39 is 9.84 Å². The van der Waals surface area contributed by atoms with Crippen molar-refractivity contribution in [3.05, 3.63) is 84.4 Å². The molecule has 0 aromatic heterocycles. The van der Waals surface area contributed by atoms with Gasteiger partial charge in [0.1, 0.15) is 5.75 Å². The Morgan fingerprint density at radius 2 is 1.71 bits per heavy atom.